The Kier molecular flexibility index (Phi) is 2.97. The lowest BCUT2D eigenvalue weighted by atomic mass is 10.3. The van der Waals surface area contributed by atoms with Gasteiger partial charge >= 0.3 is 0 Å². The van der Waals surface area contributed by atoms with E-state index >= 15 is 0 Å². The zero-order valence-electron chi connectivity index (χ0n) is 12.4. The lowest BCUT2D eigenvalue weighted by molar-refractivity contribution is 0.102. The van der Waals surface area contributed by atoms with Crippen LogP contribution < -0.4 is 5.32 Å². The van der Waals surface area contributed by atoms with Crippen LogP contribution in [0.5, 0.6) is 0 Å². The van der Waals surface area contributed by atoms with E-state index in [4.69, 9.17) is 0 Å². The Morgan fingerprint density at radius 1 is 1.17 bits per heavy atom. The molecule has 0 radical (unpaired) electrons. The number of nitrogens with zero attached hydrogens (tertiary/aromatic N) is 4. The highest BCUT2D eigenvalue weighted by atomic mass is 16.1. The van der Waals surface area contributed by atoms with Gasteiger partial charge < -0.3 is 9.55 Å². The summed E-state index contributed by atoms with van der Waals surface area (Å²) in [6.07, 6.45) is 5.29. The largest absolute Gasteiger partial charge is 0.324 e. The van der Waals surface area contributed by atoms with Crippen LogP contribution in [0.2, 0.25) is 0 Å². The molecule has 0 bridgehead atoms. The Hall–Kier alpha value is -3.35. The molecule has 2 N–H and O–H groups in total. The molecule has 0 atom stereocenters. The van der Waals surface area contributed by atoms with Gasteiger partial charge in [-0.2, -0.15) is 5.10 Å². The van der Waals surface area contributed by atoms with Crippen LogP contribution in [0.3, 0.4) is 0 Å². The summed E-state index contributed by atoms with van der Waals surface area (Å²) >= 11 is 0. The van der Waals surface area contributed by atoms with Gasteiger partial charge in [-0.3, -0.25) is 14.8 Å². The van der Waals surface area contributed by atoms with E-state index in [2.05, 4.69) is 20.4 Å². The van der Waals surface area contributed by atoms with Crippen LogP contribution in [0.25, 0.3) is 16.9 Å². The third-order valence-electron chi connectivity index (χ3n) is 3.62. The van der Waals surface area contributed by atoms with Gasteiger partial charge in [0.25, 0.3) is 5.91 Å². The fraction of sp³-hybridized carbons (Fsp3) is 0.0625. The third kappa shape index (κ3) is 2.28. The molecule has 0 unspecified atom stereocenters. The first-order valence-corrected chi connectivity index (χ1v) is 7.14. The molecule has 1 amide bonds. The maximum Gasteiger partial charge on any atom is 0.263 e. The van der Waals surface area contributed by atoms with E-state index in [1.807, 2.05) is 53.4 Å². The number of hydrogen-bond acceptors (Lipinski definition) is 3. The second-order valence-electron chi connectivity index (χ2n) is 5.15. The van der Waals surface area contributed by atoms with Crippen molar-refractivity contribution in [3.8, 4) is 5.82 Å². The summed E-state index contributed by atoms with van der Waals surface area (Å²) in [4.78, 5) is 20.0. The van der Waals surface area contributed by atoms with Crippen molar-refractivity contribution in [1.29, 1.82) is 0 Å². The highest BCUT2D eigenvalue weighted by Gasteiger charge is 2.18. The zero-order chi connectivity index (χ0) is 15.8. The fourth-order valence-corrected chi connectivity index (χ4v) is 2.56. The van der Waals surface area contributed by atoms with Crippen LogP contribution in [0.1, 0.15) is 10.4 Å². The lowest BCUT2D eigenvalue weighted by Gasteiger charge is -2.07. The molecule has 0 saturated heterocycles. The minimum atomic E-state index is -0.263. The molecule has 0 saturated carbocycles. The van der Waals surface area contributed by atoms with Gasteiger partial charge in [-0.15, -0.1) is 0 Å². The number of amides is 1. The summed E-state index contributed by atoms with van der Waals surface area (Å²) in [6.45, 7) is 0. The Morgan fingerprint density at radius 2 is 1.96 bits per heavy atom. The van der Waals surface area contributed by atoms with Crippen molar-refractivity contribution in [2.24, 2.45) is 7.05 Å². The summed E-state index contributed by atoms with van der Waals surface area (Å²) in [5.41, 5.74) is 2.16. The van der Waals surface area contributed by atoms with Gasteiger partial charge in [0.15, 0.2) is 0 Å². The standard InChI is InChI=1S/C16H14N6O/c1-21-15(22-8-4-5-9-22)11(10-17-21)14(23)20-16-18-12-6-2-3-7-13(12)19-16/h2-10H,1H3,(H2,18,19,20,23). The summed E-state index contributed by atoms with van der Waals surface area (Å²) < 4.78 is 3.51. The second kappa shape index (κ2) is 5.13. The van der Waals surface area contributed by atoms with Gasteiger partial charge in [-0.05, 0) is 24.3 Å². The van der Waals surface area contributed by atoms with Crippen LogP contribution in [-0.4, -0.2) is 30.2 Å². The van der Waals surface area contributed by atoms with E-state index in [0.29, 0.717) is 17.3 Å². The van der Waals surface area contributed by atoms with Crippen molar-refractivity contribution < 1.29 is 4.79 Å². The number of nitrogens with one attached hydrogen (secondary N) is 2. The Balaban J connectivity index is 1.67. The van der Waals surface area contributed by atoms with E-state index < -0.39 is 0 Å². The number of para-hydroxylation sites is 2. The van der Waals surface area contributed by atoms with Crippen molar-refractivity contribution in [2.75, 3.05) is 5.32 Å². The number of benzene rings is 1. The average Bonchev–Trinajstić information content (AvgIpc) is 3.24. The highest BCUT2D eigenvalue weighted by molar-refractivity contribution is 6.06. The minimum absolute atomic E-state index is 0.263. The first-order chi connectivity index (χ1) is 11.2. The van der Waals surface area contributed by atoms with Crippen molar-refractivity contribution in [3.63, 3.8) is 0 Å². The van der Waals surface area contributed by atoms with Gasteiger partial charge in [-0.25, -0.2) is 4.98 Å². The Morgan fingerprint density at radius 3 is 2.74 bits per heavy atom. The number of carbonyl (C=O) groups is 1. The number of hydrogen-bond donors (Lipinski definition) is 2. The average molecular weight is 306 g/mol. The molecule has 3 aromatic heterocycles. The zero-order valence-corrected chi connectivity index (χ0v) is 12.4. The molecule has 114 valence electrons. The number of anilines is 1. The van der Waals surface area contributed by atoms with Crippen molar-refractivity contribution in [3.05, 3.63) is 60.6 Å². The van der Waals surface area contributed by atoms with E-state index in [1.54, 1.807) is 17.9 Å². The maximum absolute atomic E-state index is 12.6. The molecule has 0 aliphatic rings. The number of aromatic nitrogens is 5. The Labute approximate surface area is 131 Å². The number of carbonyl (C=O) groups excluding carboxylic acids is 1. The number of aryl methyl sites for hydroxylation is 1. The quantitative estimate of drug-likeness (QED) is 0.609. The molecule has 0 aliphatic carbocycles. The second-order valence-corrected chi connectivity index (χ2v) is 5.15. The molecule has 7 heteroatoms. The molecule has 3 heterocycles. The monoisotopic (exact) mass is 306 g/mol. The van der Waals surface area contributed by atoms with Gasteiger partial charge in [0.05, 0.1) is 17.2 Å². The van der Waals surface area contributed by atoms with Gasteiger partial charge in [0.1, 0.15) is 11.4 Å². The molecule has 4 aromatic rings. The van der Waals surface area contributed by atoms with Crippen LogP contribution in [0.4, 0.5) is 5.95 Å². The predicted molar refractivity (Wildman–Crippen MR) is 86.6 cm³/mol. The number of imidazole rings is 1. The SMILES string of the molecule is Cn1ncc(C(=O)Nc2nc3ccccc3[nH]2)c1-n1cccc1. The lowest BCUT2D eigenvalue weighted by Crippen LogP contribution is -2.15. The van der Waals surface area contributed by atoms with E-state index in [9.17, 15) is 4.79 Å². The summed E-state index contributed by atoms with van der Waals surface area (Å²) in [5.74, 6) is 0.850. The van der Waals surface area contributed by atoms with Crippen molar-refractivity contribution in [1.82, 2.24) is 24.3 Å². The first-order valence-electron chi connectivity index (χ1n) is 7.14. The van der Waals surface area contributed by atoms with Gasteiger partial charge in [0.2, 0.25) is 5.95 Å². The third-order valence-corrected chi connectivity index (χ3v) is 3.62. The van der Waals surface area contributed by atoms with Crippen molar-refractivity contribution >= 4 is 22.9 Å². The predicted octanol–water partition coefficient (Wildman–Crippen LogP) is 2.34. The van der Waals surface area contributed by atoms with Gasteiger partial charge in [-0.1, -0.05) is 12.1 Å². The molecule has 7 nitrogen and oxygen atoms in total. The molecular formula is C16H14N6O. The van der Waals surface area contributed by atoms with E-state index in [1.165, 1.54) is 0 Å². The fourth-order valence-electron chi connectivity index (χ4n) is 2.56. The molecule has 23 heavy (non-hydrogen) atoms. The smallest absolute Gasteiger partial charge is 0.263 e. The van der Waals surface area contributed by atoms with E-state index in [-0.39, 0.29) is 5.91 Å². The number of rotatable bonds is 3. The minimum Gasteiger partial charge on any atom is -0.324 e. The van der Waals surface area contributed by atoms with Crippen molar-refractivity contribution in [2.45, 2.75) is 0 Å². The molecular weight excluding hydrogens is 292 g/mol. The Bertz CT molecular complexity index is 946. The summed E-state index contributed by atoms with van der Waals surface area (Å²) in [5, 5.41) is 6.97. The topological polar surface area (TPSA) is 80.5 Å². The molecule has 1 aromatic carbocycles. The normalized spacial score (nSPS) is 11.0. The number of aromatic amines is 1. The van der Waals surface area contributed by atoms with E-state index in [0.717, 1.165) is 11.0 Å². The highest BCUT2D eigenvalue weighted by Crippen LogP contribution is 2.17. The van der Waals surface area contributed by atoms with Crippen LogP contribution in [0, 0.1) is 0 Å². The molecule has 0 aliphatic heterocycles. The first kappa shape index (κ1) is 13.3. The van der Waals surface area contributed by atoms with Crippen LogP contribution in [-0.2, 0) is 7.05 Å². The summed E-state index contributed by atoms with van der Waals surface area (Å²) in [7, 11) is 1.80. The maximum atomic E-state index is 12.6. The van der Waals surface area contributed by atoms with Gasteiger partial charge in [0, 0.05) is 19.4 Å². The summed E-state index contributed by atoms with van der Waals surface area (Å²) in [6, 6.07) is 11.4. The molecule has 4 rings (SSSR count). The number of H-pyrrole nitrogens is 1. The molecule has 0 spiro atoms. The number of fused-ring (bicyclic) bond motifs is 1. The van der Waals surface area contributed by atoms with Crippen LogP contribution in [0.15, 0.2) is 55.0 Å². The molecule has 0 fully saturated rings. The van der Waals surface area contributed by atoms with Crippen LogP contribution >= 0.6 is 0 Å².